The highest BCUT2D eigenvalue weighted by Crippen LogP contribution is 2.18. The van der Waals surface area contributed by atoms with Crippen LogP contribution in [0.2, 0.25) is 0 Å². The van der Waals surface area contributed by atoms with Crippen LogP contribution < -0.4 is 5.73 Å². The Kier molecular flexibility index (Phi) is 3.64. The van der Waals surface area contributed by atoms with E-state index >= 15 is 0 Å². The molecule has 0 saturated carbocycles. The van der Waals surface area contributed by atoms with E-state index in [0.717, 1.165) is 11.5 Å². The van der Waals surface area contributed by atoms with Gasteiger partial charge in [0.25, 0.3) is 0 Å². The van der Waals surface area contributed by atoms with Gasteiger partial charge in [-0.3, -0.25) is 0 Å². The molecule has 0 heterocycles. The molecule has 0 aliphatic carbocycles. The van der Waals surface area contributed by atoms with E-state index in [2.05, 4.69) is 42.5 Å². The Morgan fingerprint density at radius 1 is 1.00 bits per heavy atom. The molecular formula is C13H13NS. The number of hydrogen-bond donors (Lipinski definition) is 0. The minimum atomic E-state index is 0.262. The van der Waals surface area contributed by atoms with E-state index < -0.39 is 0 Å². The first-order valence-electron chi connectivity index (χ1n) is 5.06. The lowest BCUT2D eigenvalue weighted by Gasteiger charge is -2.02. The van der Waals surface area contributed by atoms with Crippen LogP contribution in [0, 0.1) is 0 Å². The molecule has 1 nitrogen and oxygen atoms in total. The normalized spacial score (nSPS) is 10.7. The monoisotopic (exact) mass is 215 g/mol. The molecule has 0 aliphatic heterocycles. The van der Waals surface area contributed by atoms with Crippen LogP contribution in [0.1, 0.15) is 5.56 Å². The van der Waals surface area contributed by atoms with Gasteiger partial charge in [-0.05, 0) is 16.3 Å². The lowest BCUT2D eigenvalue weighted by Crippen LogP contribution is -1.89. The molecule has 0 aromatic heterocycles. The number of fused-ring (bicyclic) bond motifs is 1. The molecule has 0 amide bonds. The maximum atomic E-state index is 8.70. The zero-order valence-electron chi connectivity index (χ0n) is 8.52. The summed E-state index contributed by atoms with van der Waals surface area (Å²) in [6, 6.07) is 14.9. The molecule has 2 aromatic carbocycles. The van der Waals surface area contributed by atoms with Crippen molar-refractivity contribution in [2.75, 3.05) is 12.3 Å². The van der Waals surface area contributed by atoms with Crippen molar-refractivity contribution in [1.82, 2.24) is 5.73 Å². The molecule has 2 radical (unpaired) electrons. The third-order valence-electron chi connectivity index (χ3n) is 2.32. The van der Waals surface area contributed by atoms with E-state index in [1.54, 1.807) is 11.8 Å². The quantitative estimate of drug-likeness (QED) is 0.718. The maximum absolute atomic E-state index is 8.70. The van der Waals surface area contributed by atoms with Crippen molar-refractivity contribution in [2.24, 2.45) is 0 Å². The smallest absolute Gasteiger partial charge is 0.0412 e. The zero-order chi connectivity index (χ0) is 10.5. The summed E-state index contributed by atoms with van der Waals surface area (Å²) in [5, 5.41) is 2.58. The van der Waals surface area contributed by atoms with Gasteiger partial charge < -0.3 is 0 Å². The van der Waals surface area contributed by atoms with Gasteiger partial charge in [0, 0.05) is 18.1 Å². The highest BCUT2D eigenvalue weighted by atomic mass is 32.2. The molecule has 0 spiro atoms. The summed E-state index contributed by atoms with van der Waals surface area (Å²) in [6.45, 7) is 0.262. The molecule has 0 bridgehead atoms. The van der Waals surface area contributed by atoms with E-state index in [1.165, 1.54) is 16.3 Å². The van der Waals surface area contributed by atoms with E-state index in [9.17, 15) is 0 Å². The highest BCUT2D eigenvalue weighted by molar-refractivity contribution is 7.98. The van der Waals surface area contributed by atoms with Crippen molar-refractivity contribution in [3.8, 4) is 0 Å². The third kappa shape index (κ3) is 2.74. The molecule has 0 N–H and O–H groups in total. The van der Waals surface area contributed by atoms with Crippen LogP contribution >= 0.6 is 11.8 Å². The number of hydrogen-bond acceptors (Lipinski definition) is 1. The summed E-state index contributed by atoms with van der Waals surface area (Å²) in [6.07, 6.45) is 0. The number of thioether (sulfide) groups is 1. The van der Waals surface area contributed by atoms with Crippen molar-refractivity contribution in [2.45, 2.75) is 5.75 Å². The van der Waals surface area contributed by atoms with E-state index in [1.807, 2.05) is 0 Å². The first kappa shape index (κ1) is 10.5. The summed E-state index contributed by atoms with van der Waals surface area (Å²) in [7, 11) is 0. The second kappa shape index (κ2) is 5.19. The molecule has 0 unspecified atom stereocenters. The molecule has 2 heteroatoms. The van der Waals surface area contributed by atoms with Gasteiger partial charge in [0.2, 0.25) is 0 Å². The van der Waals surface area contributed by atoms with Crippen molar-refractivity contribution < 1.29 is 0 Å². The van der Waals surface area contributed by atoms with Gasteiger partial charge in [-0.1, -0.05) is 42.5 Å². The Morgan fingerprint density at radius 2 is 1.80 bits per heavy atom. The summed E-state index contributed by atoms with van der Waals surface area (Å²) >= 11 is 1.76. The molecular weight excluding hydrogens is 202 g/mol. The second-order valence-electron chi connectivity index (χ2n) is 3.46. The molecule has 0 saturated heterocycles. The molecule has 15 heavy (non-hydrogen) atoms. The van der Waals surface area contributed by atoms with Gasteiger partial charge in [-0.2, -0.15) is 11.8 Å². The van der Waals surface area contributed by atoms with Crippen LogP contribution in [0.3, 0.4) is 0 Å². The van der Waals surface area contributed by atoms with Crippen molar-refractivity contribution in [3.05, 3.63) is 48.0 Å². The largest absolute Gasteiger partial charge is 0.156 e. The summed E-state index contributed by atoms with van der Waals surface area (Å²) in [5.74, 6) is 1.79. The van der Waals surface area contributed by atoms with Crippen molar-refractivity contribution in [1.29, 1.82) is 0 Å². The van der Waals surface area contributed by atoms with E-state index in [0.29, 0.717) is 0 Å². The summed E-state index contributed by atoms with van der Waals surface area (Å²) in [4.78, 5) is 0. The Bertz CT molecular complexity index is 439. The molecule has 2 aromatic rings. The fraction of sp³-hybridized carbons (Fsp3) is 0.231. The Labute approximate surface area is 94.7 Å². The van der Waals surface area contributed by atoms with Gasteiger partial charge in [0.15, 0.2) is 0 Å². The van der Waals surface area contributed by atoms with Gasteiger partial charge in [-0.25, -0.2) is 0 Å². The predicted molar refractivity (Wildman–Crippen MR) is 67.1 cm³/mol. The lowest BCUT2D eigenvalue weighted by molar-refractivity contribution is 1.10. The first-order chi connectivity index (χ1) is 7.40. The van der Waals surface area contributed by atoms with Crippen LogP contribution in [0.4, 0.5) is 0 Å². The fourth-order valence-corrected chi connectivity index (χ4v) is 2.27. The predicted octanol–water partition coefficient (Wildman–Crippen LogP) is 3.14. The zero-order valence-corrected chi connectivity index (χ0v) is 9.33. The topological polar surface area (TPSA) is 22.3 Å². The van der Waals surface area contributed by atoms with Crippen molar-refractivity contribution >= 4 is 22.5 Å². The third-order valence-corrected chi connectivity index (χ3v) is 3.33. The average molecular weight is 215 g/mol. The number of benzene rings is 2. The van der Waals surface area contributed by atoms with E-state index in [4.69, 9.17) is 5.73 Å². The van der Waals surface area contributed by atoms with Crippen LogP contribution in [-0.4, -0.2) is 12.3 Å². The number of rotatable bonds is 4. The molecule has 2 rings (SSSR count). The summed E-state index contributed by atoms with van der Waals surface area (Å²) < 4.78 is 0. The Hall–Kier alpha value is -0.990. The van der Waals surface area contributed by atoms with Crippen LogP contribution in [-0.2, 0) is 5.75 Å². The molecule has 0 atom stereocenters. The van der Waals surface area contributed by atoms with Gasteiger partial charge in [-0.15, -0.1) is 5.73 Å². The Morgan fingerprint density at radius 3 is 2.60 bits per heavy atom. The summed E-state index contributed by atoms with van der Waals surface area (Å²) in [5.41, 5.74) is 10.0. The van der Waals surface area contributed by atoms with Gasteiger partial charge >= 0.3 is 0 Å². The van der Waals surface area contributed by atoms with Gasteiger partial charge in [0.05, 0.1) is 0 Å². The van der Waals surface area contributed by atoms with Crippen LogP contribution in [0.5, 0.6) is 0 Å². The molecule has 0 aliphatic rings. The van der Waals surface area contributed by atoms with Gasteiger partial charge in [0.1, 0.15) is 0 Å². The first-order valence-corrected chi connectivity index (χ1v) is 6.22. The number of nitrogens with zero attached hydrogens (tertiary/aromatic N) is 1. The highest BCUT2D eigenvalue weighted by Gasteiger charge is 1.96. The van der Waals surface area contributed by atoms with Crippen LogP contribution in [0.15, 0.2) is 42.5 Å². The maximum Gasteiger partial charge on any atom is 0.0412 e. The SMILES string of the molecule is [N]CCSCc1ccc2ccccc2c1. The second-order valence-corrected chi connectivity index (χ2v) is 4.56. The minimum Gasteiger partial charge on any atom is -0.156 e. The standard InChI is InChI=1S/C13H13NS/c14-7-8-15-10-11-5-6-12-3-1-2-4-13(12)9-11/h1-6,9H,7-8,10H2. The van der Waals surface area contributed by atoms with Crippen molar-refractivity contribution in [3.63, 3.8) is 0 Å². The van der Waals surface area contributed by atoms with Crippen LogP contribution in [0.25, 0.3) is 10.8 Å². The fourth-order valence-electron chi connectivity index (χ4n) is 1.58. The molecule has 76 valence electrons. The minimum absolute atomic E-state index is 0.262. The molecule has 0 fully saturated rings. The lowest BCUT2D eigenvalue weighted by atomic mass is 10.1. The average Bonchev–Trinajstić information content (AvgIpc) is 2.29. The van der Waals surface area contributed by atoms with E-state index in [-0.39, 0.29) is 6.54 Å². The Balaban J connectivity index is 2.16.